The summed E-state index contributed by atoms with van der Waals surface area (Å²) in [5, 5.41) is -0.125. The highest BCUT2D eigenvalue weighted by Crippen LogP contribution is 2.33. The quantitative estimate of drug-likeness (QED) is 0.509. The standard InChI is InChI=1S/C14H11ClF4N2/c15-12-10(2-1-3-11(12)16)13(21-20)8-4-6-9(7-5-8)14(17,18)19/h1-7,13,21H,20H2. The third-order valence-corrected chi connectivity index (χ3v) is 3.43. The zero-order chi connectivity index (χ0) is 15.6. The minimum atomic E-state index is -4.42. The van der Waals surface area contributed by atoms with Crippen LogP contribution >= 0.6 is 11.6 Å². The average molecular weight is 319 g/mol. The highest BCUT2D eigenvalue weighted by molar-refractivity contribution is 6.31. The van der Waals surface area contributed by atoms with Gasteiger partial charge in [-0.25, -0.2) is 9.82 Å². The minimum absolute atomic E-state index is 0.125. The fraction of sp³-hybridized carbons (Fsp3) is 0.143. The molecule has 0 spiro atoms. The van der Waals surface area contributed by atoms with Crippen LogP contribution in [-0.4, -0.2) is 0 Å². The Morgan fingerprint density at radius 3 is 2.19 bits per heavy atom. The lowest BCUT2D eigenvalue weighted by Crippen LogP contribution is -2.29. The van der Waals surface area contributed by atoms with Crippen LogP contribution < -0.4 is 11.3 Å². The van der Waals surface area contributed by atoms with Gasteiger partial charge in [0, 0.05) is 0 Å². The van der Waals surface area contributed by atoms with E-state index >= 15 is 0 Å². The van der Waals surface area contributed by atoms with E-state index in [1.807, 2.05) is 0 Å². The number of nitrogens with one attached hydrogen (secondary N) is 1. The van der Waals surface area contributed by atoms with Crippen LogP contribution in [0.2, 0.25) is 5.02 Å². The molecule has 0 amide bonds. The zero-order valence-corrected chi connectivity index (χ0v) is 11.3. The maximum absolute atomic E-state index is 13.5. The van der Waals surface area contributed by atoms with Gasteiger partial charge in [-0.3, -0.25) is 5.84 Å². The minimum Gasteiger partial charge on any atom is -0.271 e. The van der Waals surface area contributed by atoms with Crippen molar-refractivity contribution >= 4 is 11.6 Å². The van der Waals surface area contributed by atoms with Crippen molar-refractivity contribution in [3.63, 3.8) is 0 Å². The normalized spacial score (nSPS) is 13.2. The van der Waals surface area contributed by atoms with Gasteiger partial charge in [-0.15, -0.1) is 0 Å². The first-order chi connectivity index (χ1) is 9.84. The van der Waals surface area contributed by atoms with E-state index in [0.717, 1.165) is 12.1 Å². The van der Waals surface area contributed by atoms with Crippen molar-refractivity contribution in [1.29, 1.82) is 0 Å². The molecule has 0 bridgehead atoms. The molecule has 7 heteroatoms. The first-order valence-electron chi connectivity index (χ1n) is 5.91. The molecule has 0 aliphatic heterocycles. The van der Waals surface area contributed by atoms with Crippen LogP contribution in [0.25, 0.3) is 0 Å². The van der Waals surface area contributed by atoms with E-state index in [4.69, 9.17) is 17.4 Å². The molecule has 0 radical (unpaired) electrons. The smallest absolute Gasteiger partial charge is 0.271 e. The summed E-state index contributed by atoms with van der Waals surface area (Å²) in [6.45, 7) is 0. The Labute approximate surface area is 123 Å². The van der Waals surface area contributed by atoms with Gasteiger partial charge < -0.3 is 0 Å². The van der Waals surface area contributed by atoms with Gasteiger partial charge in [0.2, 0.25) is 0 Å². The van der Waals surface area contributed by atoms with Crippen LogP contribution in [0.5, 0.6) is 0 Å². The second-order valence-corrected chi connectivity index (χ2v) is 4.74. The number of nitrogens with two attached hydrogens (primary N) is 1. The molecule has 0 fully saturated rings. The topological polar surface area (TPSA) is 38.0 Å². The lowest BCUT2D eigenvalue weighted by atomic mass is 9.98. The lowest BCUT2D eigenvalue weighted by molar-refractivity contribution is -0.137. The molecule has 0 aliphatic carbocycles. The van der Waals surface area contributed by atoms with Crippen molar-refractivity contribution in [3.05, 3.63) is 70.0 Å². The SMILES string of the molecule is NNC(c1ccc(C(F)(F)F)cc1)c1cccc(F)c1Cl. The van der Waals surface area contributed by atoms with Crippen molar-refractivity contribution < 1.29 is 17.6 Å². The van der Waals surface area contributed by atoms with Gasteiger partial charge in [0.15, 0.2) is 0 Å². The number of hydrogen-bond acceptors (Lipinski definition) is 2. The van der Waals surface area contributed by atoms with E-state index in [1.165, 1.54) is 24.3 Å². The van der Waals surface area contributed by atoms with Crippen LogP contribution in [0.3, 0.4) is 0 Å². The molecule has 0 aliphatic rings. The van der Waals surface area contributed by atoms with Crippen LogP contribution in [0.15, 0.2) is 42.5 Å². The van der Waals surface area contributed by atoms with Gasteiger partial charge in [-0.05, 0) is 29.3 Å². The van der Waals surface area contributed by atoms with E-state index in [2.05, 4.69) is 5.43 Å². The van der Waals surface area contributed by atoms with Crippen molar-refractivity contribution in [2.45, 2.75) is 12.2 Å². The fourth-order valence-electron chi connectivity index (χ4n) is 1.97. The number of hydrazine groups is 1. The summed E-state index contributed by atoms with van der Waals surface area (Å²) in [7, 11) is 0. The molecule has 3 N–H and O–H groups in total. The van der Waals surface area contributed by atoms with E-state index in [9.17, 15) is 17.6 Å². The van der Waals surface area contributed by atoms with Gasteiger partial charge in [-0.1, -0.05) is 35.9 Å². The maximum Gasteiger partial charge on any atom is 0.416 e. The molecule has 2 nitrogen and oxygen atoms in total. The molecule has 0 saturated carbocycles. The average Bonchev–Trinajstić information content (AvgIpc) is 2.44. The molecule has 112 valence electrons. The van der Waals surface area contributed by atoms with Gasteiger partial charge >= 0.3 is 6.18 Å². The Balaban J connectivity index is 2.40. The Morgan fingerprint density at radius 2 is 1.67 bits per heavy atom. The number of rotatable bonds is 3. The Kier molecular flexibility index (Phi) is 4.51. The van der Waals surface area contributed by atoms with Crippen molar-refractivity contribution in [1.82, 2.24) is 5.43 Å². The molecule has 0 saturated heterocycles. The second kappa shape index (κ2) is 6.01. The molecule has 2 aromatic carbocycles. The fourth-order valence-corrected chi connectivity index (χ4v) is 2.21. The van der Waals surface area contributed by atoms with E-state index in [-0.39, 0.29) is 5.02 Å². The molecule has 1 unspecified atom stereocenters. The van der Waals surface area contributed by atoms with E-state index < -0.39 is 23.6 Å². The third kappa shape index (κ3) is 3.34. The molecule has 2 rings (SSSR count). The summed E-state index contributed by atoms with van der Waals surface area (Å²) in [6.07, 6.45) is -4.42. The first-order valence-corrected chi connectivity index (χ1v) is 6.29. The van der Waals surface area contributed by atoms with Gasteiger partial charge in [-0.2, -0.15) is 13.2 Å². The number of benzene rings is 2. The molecule has 0 heterocycles. The molecule has 1 atom stereocenters. The molecular weight excluding hydrogens is 308 g/mol. The molecule has 2 aromatic rings. The maximum atomic E-state index is 13.5. The Hall–Kier alpha value is -1.63. The first kappa shape index (κ1) is 15.8. The van der Waals surface area contributed by atoms with Gasteiger partial charge in [0.25, 0.3) is 0 Å². The molecule has 21 heavy (non-hydrogen) atoms. The van der Waals surface area contributed by atoms with Crippen LogP contribution in [0, 0.1) is 5.82 Å². The zero-order valence-electron chi connectivity index (χ0n) is 10.6. The summed E-state index contributed by atoms with van der Waals surface area (Å²) in [5.41, 5.74) is 2.45. The Morgan fingerprint density at radius 1 is 1.05 bits per heavy atom. The molecular formula is C14H11ClF4N2. The molecule has 0 aromatic heterocycles. The number of hydrogen-bond donors (Lipinski definition) is 2. The van der Waals surface area contributed by atoms with Crippen molar-refractivity contribution in [3.8, 4) is 0 Å². The van der Waals surface area contributed by atoms with Gasteiger partial charge in [0.05, 0.1) is 16.6 Å². The highest BCUT2D eigenvalue weighted by atomic mass is 35.5. The number of alkyl halides is 3. The Bertz CT molecular complexity index is 626. The highest BCUT2D eigenvalue weighted by Gasteiger charge is 2.30. The van der Waals surface area contributed by atoms with Crippen molar-refractivity contribution in [2.24, 2.45) is 5.84 Å². The number of halogens is 5. The third-order valence-electron chi connectivity index (χ3n) is 3.03. The monoisotopic (exact) mass is 318 g/mol. The predicted octanol–water partition coefficient (Wildman–Crippen LogP) is 4.05. The summed E-state index contributed by atoms with van der Waals surface area (Å²) >= 11 is 5.87. The summed E-state index contributed by atoms with van der Waals surface area (Å²) in [6, 6.07) is 7.89. The summed E-state index contributed by atoms with van der Waals surface area (Å²) in [5.74, 6) is 4.80. The van der Waals surface area contributed by atoms with E-state index in [0.29, 0.717) is 11.1 Å². The van der Waals surface area contributed by atoms with Crippen LogP contribution in [0.1, 0.15) is 22.7 Å². The summed E-state index contributed by atoms with van der Waals surface area (Å²) in [4.78, 5) is 0. The van der Waals surface area contributed by atoms with Gasteiger partial charge in [0.1, 0.15) is 5.82 Å². The lowest BCUT2D eigenvalue weighted by Gasteiger charge is -2.19. The predicted molar refractivity (Wildman–Crippen MR) is 72.0 cm³/mol. The second-order valence-electron chi connectivity index (χ2n) is 4.36. The van der Waals surface area contributed by atoms with Crippen molar-refractivity contribution in [2.75, 3.05) is 0 Å². The van der Waals surface area contributed by atoms with Crippen LogP contribution in [0.4, 0.5) is 17.6 Å². The van der Waals surface area contributed by atoms with E-state index in [1.54, 1.807) is 6.07 Å². The largest absolute Gasteiger partial charge is 0.416 e. The summed E-state index contributed by atoms with van der Waals surface area (Å²) < 4.78 is 51.1. The van der Waals surface area contributed by atoms with Crippen LogP contribution in [-0.2, 0) is 6.18 Å².